The second kappa shape index (κ2) is 9.25. The Kier molecular flexibility index (Phi) is 6.40. The van der Waals surface area contributed by atoms with Crippen molar-refractivity contribution in [3.8, 4) is 11.1 Å². The maximum Gasteiger partial charge on any atom is 0.407 e. The van der Waals surface area contributed by atoms with E-state index in [4.69, 9.17) is 4.74 Å². The van der Waals surface area contributed by atoms with Gasteiger partial charge in [0.2, 0.25) is 5.91 Å². The fourth-order valence-corrected chi connectivity index (χ4v) is 4.92. The van der Waals surface area contributed by atoms with Crippen molar-refractivity contribution < 1.29 is 24.2 Å². The Hall–Kier alpha value is -3.35. The molecule has 7 nitrogen and oxygen atoms in total. The van der Waals surface area contributed by atoms with Crippen LogP contribution < -0.4 is 5.32 Å². The molecule has 1 aliphatic heterocycles. The Morgan fingerprint density at radius 2 is 1.64 bits per heavy atom. The lowest BCUT2D eigenvalue weighted by molar-refractivity contribution is -0.152. The Labute approximate surface area is 193 Å². The van der Waals surface area contributed by atoms with Gasteiger partial charge in [0.15, 0.2) is 0 Å². The van der Waals surface area contributed by atoms with Crippen LogP contribution in [0.5, 0.6) is 0 Å². The molecule has 174 valence electrons. The highest BCUT2D eigenvalue weighted by Crippen LogP contribution is 2.44. The minimum atomic E-state index is -0.981. The fourth-order valence-electron chi connectivity index (χ4n) is 4.92. The molecule has 2 aliphatic rings. The van der Waals surface area contributed by atoms with E-state index in [1.54, 1.807) is 13.8 Å². The van der Waals surface area contributed by atoms with E-state index >= 15 is 0 Å². The number of nitrogens with one attached hydrogen (secondary N) is 1. The molecule has 1 fully saturated rings. The minimum absolute atomic E-state index is 0.000968. The minimum Gasteiger partial charge on any atom is -0.480 e. The number of nitrogens with zero attached hydrogens (tertiary/aromatic N) is 1. The van der Waals surface area contributed by atoms with E-state index in [1.807, 2.05) is 24.3 Å². The molecule has 1 atom stereocenters. The zero-order chi connectivity index (χ0) is 23.6. The van der Waals surface area contributed by atoms with Crippen LogP contribution in [0.4, 0.5) is 4.79 Å². The van der Waals surface area contributed by atoms with Crippen molar-refractivity contribution in [3.63, 3.8) is 0 Å². The van der Waals surface area contributed by atoms with E-state index in [1.165, 1.54) is 4.90 Å². The number of hydrogen-bond donors (Lipinski definition) is 2. The molecule has 0 aromatic heterocycles. The summed E-state index contributed by atoms with van der Waals surface area (Å²) >= 11 is 0. The van der Waals surface area contributed by atoms with Gasteiger partial charge in [-0.15, -0.1) is 0 Å². The number of carbonyl (C=O) groups excluding carboxylic acids is 2. The zero-order valence-corrected chi connectivity index (χ0v) is 19.0. The Morgan fingerprint density at radius 1 is 1.03 bits per heavy atom. The maximum atomic E-state index is 12.8. The van der Waals surface area contributed by atoms with Gasteiger partial charge < -0.3 is 20.1 Å². The second-order valence-corrected chi connectivity index (χ2v) is 9.45. The summed E-state index contributed by atoms with van der Waals surface area (Å²) in [6.45, 7) is 4.10. The van der Waals surface area contributed by atoms with Gasteiger partial charge in [-0.3, -0.25) is 4.79 Å². The summed E-state index contributed by atoms with van der Waals surface area (Å²) in [4.78, 5) is 38.4. The molecule has 1 saturated heterocycles. The fraction of sp³-hybridized carbons (Fsp3) is 0.423. The summed E-state index contributed by atoms with van der Waals surface area (Å²) < 4.78 is 5.59. The van der Waals surface area contributed by atoms with Crippen LogP contribution in [0.25, 0.3) is 11.1 Å². The number of amides is 2. The second-order valence-electron chi connectivity index (χ2n) is 9.45. The van der Waals surface area contributed by atoms with Crippen molar-refractivity contribution in [1.82, 2.24) is 10.2 Å². The number of alkyl carbamates (subject to hydrolysis) is 1. The molecule has 1 heterocycles. The molecule has 4 rings (SSSR count). The first-order valence-electron chi connectivity index (χ1n) is 11.4. The molecular weight excluding hydrogens is 420 g/mol. The molecule has 1 aliphatic carbocycles. The normalized spacial score (nSPS) is 17.8. The van der Waals surface area contributed by atoms with Gasteiger partial charge in [-0.1, -0.05) is 48.5 Å². The number of fused-ring (bicyclic) bond motifs is 3. The summed E-state index contributed by atoms with van der Waals surface area (Å²) in [6.07, 6.45) is 1.45. The molecule has 0 unspecified atom stereocenters. The van der Waals surface area contributed by atoms with Gasteiger partial charge in [0.25, 0.3) is 0 Å². The van der Waals surface area contributed by atoms with Gasteiger partial charge in [-0.2, -0.15) is 0 Å². The van der Waals surface area contributed by atoms with Crippen molar-refractivity contribution in [2.45, 2.75) is 57.0 Å². The van der Waals surface area contributed by atoms with E-state index in [0.29, 0.717) is 13.0 Å². The number of likely N-dealkylation sites (tertiary alicyclic amines) is 1. The molecular formula is C26H30N2O5. The summed E-state index contributed by atoms with van der Waals surface area (Å²) in [7, 11) is 0. The molecule has 2 aromatic rings. The number of hydrogen-bond acceptors (Lipinski definition) is 4. The van der Waals surface area contributed by atoms with Gasteiger partial charge in [0.1, 0.15) is 12.6 Å². The highest BCUT2D eigenvalue weighted by Gasteiger charge is 2.35. The molecule has 7 heteroatoms. The molecule has 2 amide bonds. The third kappa shape index (κ3) is 4.87. The highest BCUT2D eigenvalue weighted by molar-refractivity contribution is 5.85. The topological polar surface area (TPSA) is 95.9 Å². The van der Waals surface area contributed by atoms with Crippen molar-refractivity contribution in [2.24, 2.45) is 0 Å². The SMILES string of the molecule is CC(C)(CC(=O)N1CCCC[C@@H]1C(=O)O)NC(=O)OCC1c2ccccc2-c2ccccc21. The smallest absolute Gasteiger partial charge is 0.407 e. The van der Waals surface area contributed by atoms with Gasteiger partial charge in [0, 0.05) is 24.4 Å². The van der Waals surface area contributed by atoms with E-state index in [2.05, 4.69) is 29.6 Å². The first-order chi connectivity index (χ1) is 15.8. The Bertz CT molecular complexity index is 1020. The molecule has 2 N–H and O–H groups in total. The number of carbonyl (C=O) groups is 3. The Balaban J connectivity index is 1.37. The Morgan fingerprint density at radius 3 is 2.24 bits per heavy atom. The van der Waals surface area contributed by atoms with E-state index in [9.17, 15) is 19.5 Å². The highest BCUT2D eigenvalue weighted by atomic mass is 16.5. The standard InChI is InChI=1S/C26H30N2O5/c1-26(2,15-23(29)28-14-8-7-13-22(28)24(30)31)27-25(32)33-16-21-19-11-5-3-9-17(19)18-10-4-6-12-20(18)21/h3-6,9-12,21-22H,7-8,13-16H2,1-2H3,(H,27,32)(H,30,31)/t22-/m1/s1. The molecule has 0 radical (unpaired) electrons. The van der Waals surface area contributed by atoms with Crippen LogP contribution in [0.15, 0.2) is 48.5 Å². The summed E-state index contributed by atoms with van der Waals surface area (Å²) in [5, 5.41) is 12.2. The van der Waals surface area contributed by atoms with Crippen LogP contribution in [0.1, 0.15) is 56.6 Å². The summed E-state index contributed by atoms with van der Waals surface area (Å²) in [6, 6.07) is 15.4. The number of benzene rings is 2. The maximum absolute atomic E-state index is 12.8. The predicted octanol–water partition coefficient (Wildman–Crippen LogP) is 4.16. The number of ether oxygens (including phenoxy) is 1. The molecule has 2 aromatic carbocycles. The lowest BCUT2D eigenvalue weighted by Gasteiger charge is -2.35. The number of piperidine rings is 1. The van der Waals surface area contributed by atoms with Crippen molar-refractivity contribution in [1.29, 1.82) is 0 Å². The van der Waals surface area contributed by atoms with Gasteiger partial charge in [0.05, 0.1) is 0 Å². The van der Waals surface area contributed by atoms with Crippen LogP contribution in [0.2, 0.25) is 0 Å². The van der Waals surface area contributed by atoms with E-state index < -0.39 is 23.6 Å². The van der Waals surface area contributed by atoms with Crippen molar-refractivity contribution >= 4 is 18.0 Å². The first kappa shape index (κ1) is 22.8. The monoisotopic (exact) mass is 450 g/mol. The molecule has 0 spiro atoms. The molecule has 33 heavy (non-hydrogen) atoms. The van der Waals surface area contributed by atoms with E-state index in [-0.39, 0.29) is 24.9 Å². The summed E-state index contributed by atoms with van der Waals surface area (Å²) in [5.74, 6) is -1.30. The average molecular weight is 451 g/mol. The van der Waals surface area contributed by atoms with Crippen molar-refractivity contribution in [3.05, 3.63) is 59.7 Å². The predicted molar refractivity (Wildman–Crippen MR) is 124 cm³/mol. The molecule has 0 bridgehead atoms. The van der Waals surface area contributed by atoms with Crippen LogP contribution in [-0.4, -0.2) is 52.7 Å². The lowest BCUT2D eigenvalue weighted by atomic mass is 9.96. The number of carboxylic acids is 1. The zero-order valence-electron chi connectivity index (χ0n) is 19.0. The van der Waals surface area contributed by atoms with Gasteiger partial charge in [-0.05, 0) is 55.4 Å². The largest absolute Gasteiger partial charge is 0.480 e. The van der Waals surface area contributed by atoms with Crippen molar-refractivity contribution in [2.75, 3.05) is 13.2 Å². The lowest BCUT2D eigenvalue weighted by Crippen LogP contribution is -2.52. The number of aliphatic carboxylic acids is 1. The van der Waals surface area contributed by atoms with Crippen LogP contribution >= 0.6 is 0 Å². The number of carboxylic acid groups (broad SMARTS) is 1. The average Bonchev–Trinajstić information content (AvgIpc) is 3.11. The van der Waals surface area contributed by atoms with Crippen LogP contribution in [0, 0.1) is 0 Å². The van der Waals surface area contributed by atoms with Crippen LogP contribution in [-0.2, 0) is 14.3 Å². The van der Waals surface area contributed by atoms with Crippen LogP contribution in [0.3, 0.4) is 0 Å². The van der Waals surface area contributed by atoms with Gasteiger partial charge >= 0.3 is 12.1 Å². The quantitative estimate of drug-likeness (QED) is 0.689. The summed E-state index contributed by atoms with van der Waals surface area (Å²) in [5.41, 5.74) is 3.70. The first-order valence-corrected chi connectivity index (χ1v) is 11.4. The molecule has 0 saturated carbocycles. The third-order valence-corrected chi connectivity index (χ3v) is 6.49. The van der Waals surface area contributed by atoms with Gasteiger partial charge in [-0.25, -0.2) is 9.59 Å². The third-order valence-electron chi connectivity index (χ3n) is 6.49. The van der Waals surface area contributed by atoms with E-state index in [0.717, 1.165) is 35.1 Å². The number of rotatable bonds is 6.